The van der Waals surface area contributed by atoms with Crippen LogP contribution < -0.4 is 5.73 Å². The lowest BCUT2D eigenvalue weighted by Gasteiger charge is -1.97. The lowest BCUT2D eigenvalue weighted by atomic mass is 10.2. The minimum Gasteiger partial charge on any atom is -0.397 e. The van der Waals surface area contributed by atoms with E-state index in [0.29, 0.717) is 0 Å². The van der Waals surface area contributed by atoms with Crippen molar-refractivity contribution in [2.24, 2.45) is 0 Å². The van der Waals surface area contributed by atoms with Crippen LogP contribution in [0.3, 0.4) is 0 Å². The van der Waals surface area contributed by atoms with Crippen LogP contribution in [0.2, 0.25) is 0 Å². The Kier molecular flexibility index (Phi) is 2.46. The number of aryl methyl sites for hydroxylation is 1. The van der Waals surface area contributed by atoms with Crippen LogP contribution >= 0.6 is 15.9 Å². The van der Waals surface area contributed by atoms with Crippen LogP contribution in [0, 0.1) is 0 Å². The van der Waals surface area contributed by atoms with Crippen LogP contribution in [0.4, 0.5) is 5.69 Å². The molecule has 0 amide bonds. The summed E-state index contributed by atoms with van der Waals surface area (Å²) in [4.78, 5) is 7.51. The SMILES string of the molecule is CCCc1cc2c(N)c(Br)cnc2[nH]1. The van der Waals surface area contributed by atoms with Gasteiger partial charge in [-0.25, -0.2) is 4.98 Å². The van der Waals surface area contributed by atoms with E-state index < -0.39 is 0 Å². The van der Waals surface area contributed by atoms with Crippen molar-refractivity contribution in [3.8, 4) is 0 Å². The van der Waals surface area contributed by atoms with Gasteiger partial charge in [0.1, 0.15) is 5.65 Å². The summed E-state index contributed by atoms with van der Waals surface area (Å²) in [6.07, 6.45) is 3.88. The van der Waals surface area contributed by atoms with Gasteiger partial charge < -0.3 is 10.7 Å². The van der Waals surface area contributed by atoms with E-state index in [4.69, 9.17) is 5.73 Å². The molecule has 0 aromatic carbocycles. The van der Waals surface area contributed by atoms with Crippen molar-refractivity contribution in [1.82, 2.24) is 9.97 Å². The molecule has 0 aliphatic carbocycles. The molecule has 74 valence electrons. The van der Waals surface area contributed by atoms with Crippen molar-refractivity contribution in [2.75, 3.05) is 5.73 Å². The molecule has 2 heterocycles. The highest BCUT2D eigenvalue weighted by Gasteiger charge is 2.06. The molecule has 0 unspecified atom stereocenters. The van der Waals surface area contributed by atoms with Gasteiger partial charge in [-0.05, 0) is 28.4 Å². The molecule has 3 N–H and O–H groups in total. The van der Waals surface area contributed by atoms with Gasteiger partial charge in [0.2, 0.25) is 0 Å². The average Bonchev–Trinajstić information content (AvgIpc) is 2.56. The molecule has 0 saturated carbocycles. The van der Waals surface area contributed by atoms with Gasteiger partial charge in [0.25, 0.3) is 0 Å². The molecule has 0 saturated heterocycles. The average molecular weight is 254 g/mol. The number of H-pyrrole nitrogens is 1. The fraction of sp³-hybridized carbons (Fsp3) is 0.300. The molecular formula is C10H12BrN3. The molecule has 2 aromatic rings. The smallest absolute Gasteiger partial charge is 0.139 e. The van der Waals surface area contributed by atoms with Gasteiger partial charge in [0.15, 0.2) is 0 Å². The second kappa shape index (κ2) is 3.61. The summed E-state index contributed by atoms with van der Waals surface area (Å²) in [6.45, 7) is 2.15. The Morgan fingerprint density at radius 1 is 1.57 bits per heavy atom. The van der Waals surface area contributed by atoms with E-state index in [1.165, 1.54) is 5.69 Å². The highest BCUT2D eigenvalue weighted by atomic mass is 79.9. The summed E-state index contributed by atoms with van der Waals surface area (Å²) < 4.78 is 0.854. The Morgan fingerprint density at radius 3 is 3.07 bits per heavy atom. The predicted octanol–water partition coefficient (Wildman–Crippen LogP) is 2.86. The van der Waals surface area contributed by atoms with Crippen LogP contribution in [0.25, 0.3) is 11.0 Å². The maximum absolute atomic E-state index is 5.92. The third kappa shape index (κ3) is 1.50. The lowest BCUT2D eigenvalue weighted by Crippen LogP contribution is -1.88. The molecular weight excluding hydrogens is 242 g/mol. The third-order valence-corrected chi connectivity index (χ3v) is 2.86. The van der Waals surface area contributed by atoms with Gasteiger partial charge in [0.05, 0.1) is 10.2 Å². The van der Waals surface area contributed by atoms with Gasteiger partial charge >= 0.3 is 0 Å². The molecule has 2 rings (SSSR count). The highest BCUT2D eigenvalue weighted by Crippen LogP contribution is 2.27. The summed E-state index contributed by atoms with van der Waals surface area (Å²) in [7, 11) is 0. The number of aromatic amines is 1. The van der Waals surface area contributed by atoms with Crippen LogP contribution in [-0.2, 0) is 6.42 Å². The number of rotatable bonds is 2. The number of hydrogen-bond acceptors (Lipinski definition) is 2. The zero-order valence-electron chi connectivity index (χ0n) is 7.97. The van der Waals surface area contributed by atoms with Crippen LogP contribution in [-0.4, -0.2) is 9.97 Å². The minimum atomic E-state index is 0.758. The van der Waals surface area contributed by atoms with Gasteiger partial charge in [-0.2, -0.15) is 0 Å². The van der Waals surface area contributed by atoms with Crippen molar-refractivity contribution in [3.63, 3.8) is 0 Å². The van der Waals surface area contributed by atoms with E-state index in [2.05, 4.69) is 38.9 Å². The van der Waals surface area contributed by atoms with Crippen molar-refractivity contribution < 1.29 is 0 Å². The van der Waals surface area contributed by atoms with Crippen LogP contribution in [0.15, 0.2) is 16.7 Å². The number of nitrogens with one attached hydrogen (secondary N) is 1. The first-order chi connectivity index (χ1) is 6.72. The van der Waals surface area contributed by atoms with Gasteiger partial charge in [0, 0.05) is 17.3 Å². The number of halogens is 1. The second-order valence-corrected chi connectivity index (χ2v) is 4.18. The number of anilines is 1. The van der Waals surface area contributed by atoms with Crippen LogP contribution in [0.5, 0.6) is 0 Å². The fourth-order valence-corrected chi connectivity index (χ4v) is 1.84. The molecule has 3 nitrogen and oxygen atoms in total. The summed E-state index contributed by atoms with van der Waals surface area (Å²) in [5.41, 5.74) is 8.74. The Morgan fingerprint density at radius 2 is 2.36 bits per heavy atom. The molecule has 0 spiro atoms. The fourth-order valence-electron chi connectivity index (χ4n) is 1.53. The maximum Gasteiger partial charge on any atom is 0.139 e. The monoisotopic (exact) mass is 253 g/mol. The van der Waals surface area contributed by atoms with E-state index in [-0.39, 0.29) is 0 Å². The lowest BCUT2D eigenvalue weighted by molar-refractivity contribution is 0.895. The summed E-state index contributed by atoms with van der Waals surface area (Å²) >= 11 is 3.36. The molecule has 0 radical (unpaired) electrons. The molecule has 0 atom stereocenters. The van der Waals surface area contributed by atoms with E-state index in [9.17, 15) is 0 Å². The zero-order chi connectivity index (χ0) is 10.1. The third-order valence-electron chi connectivity index (χ3n) is 2.23. The van der Waals surface area contributed by atoms with Gasteiger partial charge in [-0.1, -0.05) is 13.3 Å². The first-order valence-electron chi connectivity index (χ1n) is 4.64. The first kappa shape index (κ1) is 9.52. The van der Waals surface area contributed by atoms with Crippen molar-refractivity contribution in [2.45, 2.75) is 19.8 Å². The Balaban J connectivity index is 2.59. The Hall–Kier alpha value is -1.03. The summed E-state index contributed by atoms with van der Waals surface area (Å²) in [6, 6.07) is 2.08. The molecule has 4 heteroatoms. The van der Waals surface area contributed by atoms with E-state index in [0.717, 1.165) is 34.0 Å². The highest BCUT2D eigenvalue weighted by molar-refractivity contribution is 9.10. The molecule has 0 fully saturated rings. The molecule has 0 bridgehead atoms. The van der Waals surface area contributed by atoms with Crippen molar-refractivity contribution in [1.29, 1.82) is 0 Å². The van der Waals surface area contributed by atoms with E-state index >= 15 is 0 Å². The number of nitrogens with two attached hydrogens (primary N) is 1. The van der Waals surface area contributed by atoms with Crippen molar-refractivity contribution in [3.05, 3.63) is 22.4 Å². The van der Waals surface area contributed by atoms with Gasteiger partial charge in [-0.15, -0.1) is 0 Å². The largest absolute Gasteiger partial charge is 0.397 e. The number of hydrogen-bond donors (Lipinski definition) is 2. The van der Waals surface area contributed by atoms with Crippen LogP contribution in [0.1, 0.15) is 19.0 Å². The quantitative estimate of drug-likeness (QED) is 0.865. The summed E-state index contributed by atoms with van der Waals surface area (Å²) in [5, 5.41) is 1.00. The minimum absolute atomic E-state index is 0.758. The zero-order valence-corrected chi connectivity index (χ0v) is 9.56. The van der Waals surface area contributed by atoms with Crippen molar-refractivity contribution >= 4 is 32.7 Å². The number of nitrogen functional groups attached to an aromatic ring is 1. The maximum atomic E-state index is 5.92. The standard InChI is InChI=1S/C10H12BrN3/c1-2-3-6-4-7-9(12)8(11)5-13-10(7)14-6/h4-5H,2-3H2,1H3,(H3,12,13,14). The molecule has 2 aromatic heterocycles. The number of aromatic nitrogens is 2. The number of nitrogens with zero attached hydrogens (tertiary/aromatic N) is 1. The predicted molar refractivity (Wildman–Crippen MR) is 62.2 cm³/mol. The second-order valence-electron chi connectivity index (χ2n) is 3.33. The Bertz CT molecular complexity index is 462. The normalized spacial score (nSPS) is 11.0. The number of fused-ring (bicyclic) bond motifs is 1. The topological polar surface area (TPSA) is 54.7 Å². The molecule has 0 aliphatic rings. The van der Waals surface area contributed by atoms with E-state index in [1.54, 1.807) is 6.20 Å². The molecule has 0 aliphatic heterocycles. The summed E-state index contributed by atoms with van der Waals surface area (Å²) in [5.74, 6) is 0. The first-order valence-corrected chi connectivity index (χ1v) is 5.43. The van der Waals surface area contributed by atoms with E-state index in [1.807, 2.05) is 0 Å². The van der Waals surface area contributed by atoms with Gasteiger partial charge in [-0.3, -0.25) is 0 Å². The number of pyridine rings is 1. The Labute approximate surface area is 90.8 Å². The molecule has 14 heavy (non-hydrogen) atoms.